The van der Waals surface area contributed by atoms with Crippen LogP contribution in [0.1, 0.15) is 41.5 Å². The molecule has 3 aromatic carbocycles. The fourth-order valence-corrected chi connectivity index (χ4v) is 4.82. The summed E-state index contributed by atoms with van der Waals surface area (Å²) in [4.78, 5) is 17.3. The zero-order valence-corrected chi connectivity index (χ0v) is 23.0. The number of aromatic nitrogens is 2. The van der Waals surface area contributed by atoms with Crippen LogP contribution in [0.3, 0.4) is 0 Å². The number of sulfonamides is 1. The maximum Gasteiger partial charge on any atom is 0.516 e. The number of amides is 1. The molecule has 210 valence electrons. The molecule has 0 atom stereocenters. The number of anilines is 1. The van der Waals surface area contributed by atoms with E-state index in [4.69, 9.17) is 22.9 Å². The number of alkyl halides is 3. The van der Waals surface area contributed by atoms with Crippen LogP contribution in [0.25, 0.3) is 22.2 Å². The van der Waals surface area contributed by atoms with Crippen molar-refractivity contribution in [2.45, 2.75) is 38.2 Å². The number of nitrogens with zero attached hydrogens (tertiary/aromatic N) is 2. The summed E-state index contributed by atoms with van der Waals surface area (Å²) >= 11 is 4.96. The van der Waals surface area contributed by atoms with Gasteiger partial charge < -0.3 is 15.6 Å². The zero-order valence-electron chi connectivity index (χ0n) is 21.3. The largest absolute Gasteiger partial charge is 0.516 e. The number of carbonyl (C=O) groups excluding carboxylic acids is 1. The first-order valence-corrected chi connectivity index (χ1v) is 14.2. The van der Waals surface area contributed by atoms with E-state index in [0.717, 1.165) is 52.1 Å². The van der Waals surface area contributed by atoms with Crippen molar-refractivity contribution in [3.8, 4) is 11.1 Å². The summed E-state index contributed by atoms with van der Waals surface area (Å²) < 4.78 is 64.5. The summed E-state index contributed by atoms with van der Waals surface area (Å²) in [5.41, 5.74) is 4.00. The standard InChI is InChI=1S/C27H26F3N5O3S2/c1-2-3-8-24-33-22-14-13-19(32-26(31)39)15-23(22)35(24)16-17-9-11-18(12-10-17)20-6-4-5-7-21(20)25(36)34-40(37,38)27(28,29)30/h4-7,9-15H,2-3,8,16H2,1H3,(H,34,36)(H3,31,32,39). The molecule has 0 spiro atoms. The Kier molecular flexibility index (Phi) is 8.45. The number of unbranched alkanes of at least 4 members (excludes halogenated alkanes) is 1. The van der Waals surface area contributed by atoms with Crippen LogP contribution < -0.4 is 15.8 Å². The first kappa shape index (κ1) is 29.0. The van der Waals surface area contributed by atoms with E-state index in [0.29, 0.717) is 12.1 Å². The van der Waals surface area contributed by atoms with Gasteiger partial charge in [0.05, 0.1) is 11.0 Å². The third-order valence-corrected chi connectivity index (χ3v) is 7.32. The lowest BCUT2D eigenvalue weighted by Crippen LogP contribution is -2.40. The van der Waals surface area contributed by atoms with Gasteiger partial charge in [-0.25, -0.2) is 9.71 Å². The highest BCUT2D eigenvalue weighted by atomic mass is 32.2. The first-order chi connectivity index (χ1) is 18.9. The van der Waals surface area contributed by atoms with E-state index >= 15 is 0 Å². The van der Waals surface area contributed by atoms with E-state index in [9.17, 15) is 26.4 Å². The molecule has 0 radical (unpaired) electrons. The number of carbonyl (C=O) groups is 1. The number of aryl methyl sites for hydroxylation is 1. The molecule has 0 aliphatic rings. The molecule has 4 rings (SSSR count). The Morgan fingerprint density at radius 3 is 2.42 bits per heavy atom. The fourth-order valence-electron chi connectivity index (χ4n) is 4.23. The van der Waals surface area contributed by atoms with Gasteiger partial charge in [0.25, 0.3) is 5.91 Å². The number of hydrogen-bond donors (Lipinski definition) is 3. The molecule has 0 bridgehead atoms. The van der Waals surface area contributed by atoms with E-state index in [1.54, 1.807) is 18.2 Å². The minimum absolute atomic E-state index is 0.150. The number of hydrogen-bond acceptors (Lipinski definition) is 5. The summed E-state index contributed by atoms with van der Waals surface area (Å²) in [6.45, 7) is 2.59. The molecule has 0 aliphatic heterocycles. The number of imidazole rings is 1. The van der Waals surface area contributed by atoms with Gasteiger partial charge in [0.2, 0.25) is 0 Å². The van der Waals surface area contributed by atoms with Crippen molar-refractivity contribution in [1.82, 2.24) is 14.3 Å². The molecule has 0 unspecified atom stereocenters. The summed E-state index contributed by atoms with van der Waals surface area (Å²) in [6, 6.07) is 18.6. The Balaban J connectivity index is 1.65. The van der Waals surface area contributed by atoms with Crippen LogP contribution in [0.15, 0.2) is 66.7 Å². The van der Waals surface area contributed by atoms with Crippen LogP contribution in [-0.4, -0.2) is 34.5 Å². The van der Waals surface area contributed by atoms with Crippen molar-refractivity contribution < 1.29 is 26.4 Å². The Morgan fingerprint density at radius 2 is 1.77 bits per heavy atom. The van der Waals surface area contributed by atoms with Crippen LogP contribution in [0.5, 0.6) is 0 Å². The SMILES string of the molecule is CCCCc1nc2ccc(NC(N)=S)cc2n1Cc1ccc(-c2ccccc2C(=O)NS(=O)(=O)C(F)(F)F)cc1. The zero-order chi connectivity index (χ0) is 29.1. The summed E-state index contributed by atoms with van der Waals surface area (Å²) in [5.74, 6) is -0.454. The minimum atomic E-state index is -5.85. The molecule has 0 fully saturated rings. The Bertz CT molecular complexity index is 1670. The van der Waals surface area contributed by atoms with Crippen molar-refractivity contribution in [2.75, 3.05) is 5.32 Å². The monoisotopic (exact) mass is 589 g/mol. The second-order valence-corrected chi connectivity index (χ2v) is 11.1. The number of nitrogens with two attached hydrogens (primary N) is 1. The van der Waals surface area contributed by atoms with E-state index in [-0.39, 0.29) is 16.2 Å². The average molecular weight is 590 g/mol. The second-order valence-electron chi connectivity index (χ2n) is 9.03. The van der Waals surface area contributed by atoms with Gasteiger partial charge in [0, 0.05) is 24.2 Å². The van der Waals surface area contributed by atoms with Gasteiger partial charge in [-0.15, -0.1) is 0 Å². The highest BCUT2D eigenvalue weighted by Gasteiger charge is 2.47. The Morgan fingerprint density at radius 1 is 1.07 bits per heavy atom. The van der Waals surface area contributed by atoms with E-state index in [2.05, 4.69) is 16.8 Å². The van der Waals surface area contributed by atoms with Crippen LogP contribution in [0.2, 0.25) is 0 Å². The number of nitrogens with one attached hydrogen (secondary N) is 2. The second kappa shape index (κ2) is 11.6. The fraction of sp³-hybridized carbons (Fsp3) is 0.222. The molecular formula is C27H26F3N5O3S2. The van der Waals surface area contributed by atoms with Crippen LogP contribution >= 0.6 is 12.2 Å². The van der Waals surface area contributed by atoms with E-state index in [1.807, 2.05) is 30.3 Å². The maximum absolute atomic E-state index is 12.8. The van der Waals surface area contributed by atoms with Crippen molar-refractivity contribution in [2.24, 2.45) is 5.73 Å². The molecular weight excluding hydrogens is 563 g/mol. The molecule has 40 heavy (non-hydrogen) atoms. The lowest BCUT2D eigenvalue weighted by Gasteiger charge is -2.13. The Labute approximate surface area is 234 Å². The molecule has 4 aromatic rings. The number of rotatable bonds is 9. The Hall–Kier alpha value is -3.97. The summed E-state index contributed by atoms with van der Waals surface area (Å²) in [5, 5.41) is 3.09. The average Bonchev–Trinajstić information content (AvgIpc) is 3.23. The molecule has 4 N–H and O–H groups in total. The van der Waals surface area contributed by atoms with Gasteiger partial charge >= 0.3 is 15.5 Å². The molecule has 8 nitrogen and oxygen atoms in total. The number of fused-ring (bicyclic) bond motifs is 1. The lowest BCUT2D eigenvalue weighted by molar-refractivity contribution is -0.0446. The first-order valence-electron chi connectivity index (χ1n) is 12.3. The van der Waals surface area contributed by atoms with Crippen molar-refractivity contribution in [3.05, 3.63) is 83.7 Å². The number of benzene rings is 3. The summed E-state index contributed by atoms with van der Waals surface area (Å²) in [6.07, 6.45) is 2.75. The van der Waals surface area contributed by atoms with E-state index in [1.165, 1.54) is 18.2 Å². The number of halogens is 3. The van der Waals surface area contributed by atoms with Crippen LogP contribution in [0, 0.1) is 0 Å². The third-order valence-electron chi connectivity index (χ3n) is 6.16. The predicted molar refractivity (Wildman–Crippen MR) is 152 cm³/mol. The van der Waals surface area contributed by atoms with Gasteiger partial charge in [-0.2, -0.15) is 21.6 Å². The molecule has 1 aromatic heterocycles. The van der Waals surface area contributed by atoms with E-state index < -0.39 is 21.4 Å². The molecule has 0 aliphatic carbocycles. The highest BCUT2D eigenvalue weighted by molar-refractivity contribution is 7.90. The number of thiocarbonyl (C=S) groups is 1. The quantitative estimate of drug-likeness (QED) is 0.226. The third kappa shape index (κ3) is 6.42. The lowest BCUT2D eigenvalue weighted by atomic mass is 9.98. The maximum atomic E-state index is 12.8. The molecule has 1 heterocycles. The smallest absolute Gasteiger partial charge is 0.376 e. The van der Waals surface area contributed by atoms with Gasteiger partial charge in [0.1, 0.15) is 5.82 Å². The molecule has 1 amide bonds. The van der Waals surface area contributed by atoms with Gasteiger partial charge in [0.15, 0.2) is 5.11 Å². The van der Waals surface area contributed by atoms with Gasteiger partial charge in [-0.3, -0.25) is 4.79 Å². The topological polar surface area (TPSA) is 119 Å². The van der Waals surface area contributed by atoms with Gasteiger partial charge in [-0.1, -0.05) is 55.8 Å². The predicted octanol–water partition coefficient (Wildman–Crippen LogP) is 5.33. The summed E-state index contributed by atoms with van der Waals surface area (Å²) in [7, 11) is -5.85. The molecule has 13 heteroatoms. The van der Waals surface area contributed by atoms with Crippen LogP contribution in [0.4, 0.5) is 18.9 Å². The van der Waals surface area contributed by atoms with Crippen molar-refractivity contribution in [3.63, 3.8) is 0 Å². The van der Waals surface area contributed by atoms with Crippen molar-refractivity contribution >= 4 is 50.0 Å². The highest BCUT2D eigenvalue weighted by Crippen LogP contribution is 2.28. The molecule has 0 saturated heterocycles. The molecule has 0 saturated carbocycles. The normalized spacial score (nSPS) is 11.9. The van der Waals surface area contributed by atoms with Crippen molar-refractivity contribution in [1.29, 1.82) is 0 Å². The van der Waals surface area contributed by atoms with Crippen LogP contribution in [-0.2, 0) is 23.0 Å². The minimum Gasteiger partial charge on any atom is -0.376 e. The van der Waals surface area contributed by atoms with Gasteiger partial charge in [-0.05, 0) is 59.6 Å².